The van der Waals surface area contributed by atoms with Crippen LogP contribution in [-0.4, -0.2) is 25.5 Å². The molecule has 0 saturated carbocycles. The van der Waals surface area contributed by atoms with Gasteiger partial charge in [0.2, 0.25) is 0 Å². The first-order valence-electron chi connectivity index (χ1n) is 6.15. The number of hydrogen-bond acceptors (Lipinski definition) is 1. The summed E-state index contributed by atoms with van der Waals surface area (Å²) in [6.45, 7) is 12.0. The second-order valence-corrected chi connectivity index (χ2v) is 5.47. The molecule has 1 rings (SSSR count). The summed E-state index contributed by atoms with van der Waals surface area (Å²) in [7, 11) is 4.25. The van der Waals surface area contributed by atoms with Crippen LogP contribution < -0.4 is 0 Å². The monoisotopic (exact) mass is 219 g/mol. The molecule has 0 fully saturated rings. The summed E-state index contributed by atoms with van der Waals surface area (Å²) in [5.74, 6) is 1.17. The van der Waals surface area contributed by atoms with Gasteiger partial charge >= 0.3 is 0 Å². The van der Waals surface area contributed by atoms with E-state index in [0.717, 1.165) is 6.54 Å². The average molecular weight is 219 g/mol. The van der Waals surface area contributed by atoms with E-state index >= 15 is 0 Å². The second-order valence-electron chi connectivity index (χ2n) is 5.47. The van der Waals surface area contributed by atoms with Crippen molar-refractivity contribution in [3.63, 3.8) is 0 Å². The number of hydrogen-bond donors (Lipinski definition) is 0. The Morgan fingerprint density at radius 3 is 2.50 bits per heavy atom. The van der Waals surface area contributed by atoms with E-state index in [9.17, 15) is 0 Å². The van der Waals surface area contributed by atoms with Crippen LogP contribution in [0.4, 0.5) is 0 Å². The third kappa shape index (κ3) is 3.34. The van der Waals surface area contributed by atoms with Gasteiger partial charge in [-0.2, -0.15) is 0 Å². The van der Waals surface area contributed by atoms with Gasteiger partial charge in [-0.3, -0.25) is 0 Å². The van der Waals surface area contributed by atoms with Crippen LogP contribution in [0.2, 0.25) is 0 Å². The smallest absolute Gasteiger partial charge is 0.0190 e. The Kier molecular flexibility index (Phi) is 4.55. The molecule has 1 heteroatoms. The molecule has 90 valence electrons. The topological polar surface area (TPSA) is 3.24 Å². The highest BCUT2D eigenvalue weighted by molar-refractivity contribution is 5.39. The molecule has 1 aliphatic carbocycles. The molecule has 1 nitrogen and oxygen atoms in total. The highest BCUT2D eigenvalue weighted by Gasteiger charge is 2.18. The van der Waals surface area contributed by atoms with Gasteiger partial charge in [-0.15, -0.1) is 0 Å². The van der Waals surface area contributed by atoms with Crippen molar-refractivity contribution in [2.45, 2.75) is 27.2 Å². The van der Waals surface area contributed by atoms with Crippen LogP contribution in [-0.2, 0) is 0 Å². The number of rotatable bonds is 4. The first-order valence-corrected chi connectivity index (χ1v) is 6.15. The van der Waals surface area contributed by atoms with E-state index in [2.05, 4.69) is 58.5 Å². The third-order valence-electron chi connectivity index (χ3n) is 3.18. The summed E-state index contributed by atoms with van der Waals surface area (Å²) >= 11 is 0. The zero-order valence-electron chi connectivity index (χ0n) is 11.4. The van der Waals surface area contributed by atoms with Crippen LogP contribution >= 0.6 is 0 Å². The van der Waals surface area contributed by atoms with E-state index in [1.165, 1.54) is 23.1 Å². The molecule has 0 aromatic carbocycles. The van der Waals surface area contributed by atoms with Gasteiger partial charge < -0.3 is 4.90 Å². The fourth-order valence-electron chi connectivity index (χ4n) is 2.22. The maximum absolute atomic E-state index is 4.21. The summed E-state index contributed by atoms with van der Waals surface area (Å²) in [5, 5.41) is 0. The fraction of sp³-hybridized carbons (Fsp3) is 0.600. The number of likely N-dealkylation sites (N-methyl/N-ethyl adjacent to an activating group) is 1. The molecule has 16 heavy (non-hydrogen) atoms. The molecule has 0 aliphatic heterocycles. The first kappa shape index (κ1) is 13.2. The average Bonchev–Trinajstić information content (AvgIpc) is 2.15. The third-order valence-corrected chi connectivity index (χ3v) is 3.18. The minimum Gasteiger partial charge on any atom is -0.305 e. The maximum Gasteiger partial charge on any atom is 0.0190 e. The summed E-state index contributed by atoms with van der Waals surface area (Å²) in [6.07, 6.45) is 5.73. The van der Waals surface area contributed by atoms with E-state index in [1.807, 2.05) is 0 Å². The molecule has 0 N–H and O–H groups in total. The Bertz CT molecular complexity index is 318. The molecule has 1 atom stereocenters. The Morgan fingerprint density at radius 1 is 1.44 bits per heavy atom. The zero-order valence-corrected chi connectivity index (χ0v) is 11.4. The Balaban J connectivity index is 2.79. The van der Waals surface area contributed by atoms with Crippen molar-refractivity contribution in [2.75, 3.05) is 20.6 Å². The lowest BCUT2D eigenvalue weighted by Gasteiger charge is -2.26. The van der Waals surface area contributed by atoms with Crippen molar-refractivity contribution in [1.82, 2.24) is 4.90 Å². The van der Waals surface area contributed by atoms with Crippen LogP contribution in [0, 0.1) is 11.8 Å². The lowest BCUT2D eigenvalue weighted by molar-refractivity contribution is 0.431. The van der Waals surface area contributed by atoms with Gasteiger partial charge in [0.05, 0.1) is 0 Å². The Morgan fingerprint density at radius 2 is 2.06 bits per heavy atom. The quantitative estimate of drug-likeness (QED) is 0.697. The predicted molar refractivity (Wildman–Crippen MR) is 72.5 cm³/mol. The lowest BCUT2D eigenvalue weighted by atomic mass is 9.81. The minimum atomic E-state index is 0.553. The van der Waals surface area contributed by atoms with E-state index in [-0.39, 0.29) is 0 Å². The molecule has 0 aromatic heterocycles. The fourth-order valence-corrected chi connectivity index (χ4v) is 2.22. The van der Waals surface area contributed by atoms with Gasteiger partial charge in [0.1, 0.15) is 0 Å². The first-order chi connectivity index (χ1) is 7.41. The van der Waals surface area contributed by atoms with Crippen LogP contribution in [0.5, 0.6) is 0 Å². The molecule has 0 bridgehead atoms. The summed E-state index contributed by atoms with van der Waals surface area (Å²) in [5.41, 5.74) is 4.27. The van der Waals surface area contributed by atoms with E-state index in [0.29, 0.717) is 11.8 Å². The van der Waals surface area contributed by atoms with Crippen LogP contribution in [0.15, 0.2) is 35.5 Å². The van der Waals surface area contributed by atoms with Crippen LogP contribution in [0.3, 0.4) is 0 Å². The molecular weight excluding hydrogens is 194 g/mol. The minimum absolute atomic E-state index is 0.553. The maximum atomic E-state index is 4.21. The van der Waals surface area contributed by atoms with Gasteiger partial charge in [0.15, 0.2) is 0 Å². The molecule has 0 spiro atoms. The van der Waals surface area contributed by atoms with Crippen molar-refractivity contribution < 1.29 is 0 Å². The van der Waals surface area contributed by atoms with Crippen LogP contribution in [0.1, 0.15) is 27.2 Å². The summed E-state index contributed by atoms with van der Waals surface area (Å²) in [4.78, 5) is 2.23. The van der Waals surface area contributed by atoms with E-state index in [4.69, 9.17) is 0 Å². The molecular formula is C15H25N. The van der Waals surface area contributed by atoms with Gasteiger partial charge in [0.25, 0.3) is 0 Å². The largest absolute Gasteiger partial charge is 0.305 e. The zero-order chi connectivity index (χ0) is 12.3. The molecule has 0 saturated heterocycles. The van der Waals surface area contributed by atoms with Crippen molar-refractivity contribution in [3.05, 3.63) is 35.5 Å². The van der Waals surface area contributed by atoms with Crippen molar-refractivity contribution in [1.29, 1.82) is 0 Å². The predicted octanol–water partition coefficient (Wildman–Crippen LogP) is 3.65. The highest BCUT2D eigenvalue weighted by atomic mass is 15.0. The van der Waals surface area contributed by atoms with Crippen LogP contribution in [0.25, 0.3) is 0 Å². The Labute approximate surface area is 101 Å². The standard InChI is InChI=1S/C15H25N/c1-11(2)13(4)15-8-7-14(9-12(15)3)10-16(5)6/h7-8,11-12H,4,9-10H2,1-3,5-6H3. The van der Waals surface area contributed by atoms with Crippen molar-refractivity contribution in [2.24, 2.45) is 11.8 Å². The van der Waals surface area contributed by atoms with Crippen molar-refractivity contribution >= 4 is 0 Å². The normalized spacial score (nSPS) is 21.1. The van der Waals surface area contributed by atoms with Gasteiger partial charge in [-0.1, -0.05) is 45.1 Å². The van der Waals surface area contributed by atoms with Gasteiger partial charge in [-0.25, -0.2) is 0 Å². The molecule has 1 aliphatic rings. The molecule has 0 amide bonds. The molecule has 0 heterocycles. The van der Waals surface area contributed by atoms with Gasteiger partial charge in [0, 0.05) is 6.54 Å². The lowest BCUT2D eigenvalue weighted by Crippen LogP contribution is -2.19. The number of nitrogens with zero attached hydrogens (tertiary/aromatic N) is 1. The number of allylic oxidation sites excluding steroid dienone is 4. The molecule has 0 radical (unpaired) electrons. The summed E-state index contributed by atoms with van der Waals surface area (Å²) < 4.78 is 0. The summed E-state index contributed by atoms with van der Waals surface area (Å²) in [6, 6.07) is 0. The molecule has 0 aromatic rings. The van der Waals surface area contributed by atoms with Gasteiger partial charge in [-0.05, 0) is 43.5 Å². The second kappa shape index (κ2) is 5.49. The molecule has 1 unspecified atom stereocenters. The Hall–Kier alpha value is -0.820. The van der Waals surface area contributed by atoms with E-state index in [1.54, 1.807) is 0 Å². The van der Waals surface area contributed by atoms with E-state index < -0.39 is 0 Å². The highest BCUT2D eigenvalue weighted by Crippen LogP contribution is 2.32. The SMILES string of the molecule is C=C(C1=CC=C(CN(C)C)CC1C)C(C)C. The van der Waals surface area contributed by atoms with Crippen molar-refractivity contribution in [3.8, 4) is 0 Å².